The van der Waals surface area contributed by atoms with Crippen LogP contribution < -0.4 is 5.32 Å². The minimum atomic E-state index is -0.467. The molecule has 0 amide bonds. The van der Waals surface area contributed by atoms with Crippen molar-refractivity contribution in [1.82, 2.24) is 4.98 Å². The number of nitrogens with zero attached hydrogens (tertiary/aromatic N) is 2. The van der Waals surface area contributed by atoms with E-state index in [0.29, 0.717) is 10.3 Å². The summed E-state index contributed by atoms with van der Waals surface area (Å²) in [5, 5.41) is 13.8. The van der Waals surface area contributed by atoms with Gasteiger partial charge in [-0.2, -0.15) is 0 Å². The van der Waals surface area contributed by atoms with Crippen LogP contribution in [0.4, 0.5) is 11.5 Å². The Morgan fingerprint density at radius 3 is 3.06 bits per heavy atom. The predicted octanol–water partition coefficient (Wildman–Crippen LogP) is 2.73. The molecule has 0 saturated carbocycles. The number of halogens is 1. The lowest BCUT2D eigenvalue weighted by atomic mass is 10.1. The topological polar surface area (TPSA) is 77.3 Å². The molecule has 1 N–H and O–H groups in total. The fourth-order valence-electron chi connectivity index (χ4n) is 1.94. The normalized spacial score (nSPS) is 20.7. The molecular weight excluding hydrogens is 302 g/mol. The van der Waals surface area contributed by atoms with Gasteiger partial charge < -0.3 is 10.1 Å². The first-order valence-electron chi connectivity index (χ1n) is 5.76. The van der Waals surface area contributed by atoms with Gasteiger partial charge in [-0.05, 0) is 35.7 Å². The van der Waals surface area contributed by atoms with Gasteiger partial charge in [-0.3, -0.25) is 10.1 Å². The first-order chi connectivity index (χ1) is 8.58. The number of hydrogen-bond acceptors (Lipinski definition) is 5. The summed E-state index contributed by atoms with van der Waals surface area (Å²) in [7, 11) is 0. The maximum atomic E-state index is 10.6. The highest BCUT2D eigenvalue weighted by molar-refractivity contribution is 9.10. The highest BCUT2D eigenvalue weighted by atomic mass is 79.9. The van der Waals surface area contributed by atoms with Gasteiger partial charge in [0.1, 0.15) is 12.0 Å². The van der Waals surface area contributed by atoms with Crippen LogP contribution in [0.1, 0.15) is 19.8 Å². The third-order valence-electron chi connectivity index (χ3n) is 2.92. The summed E-state index contributed by atoms with van der Waals surface area (Å²) >= 11 is 3.28. The highest BCUT2D eigenvalue weighted by Gasteiger charge is 2.23. The zero-order valence-electron chi connectivity index (χ0n) is 9.93. The molecule has 0 spiro atoms. The van der Waals surface area contributed by atoms with Gasteiger partial charge in [-0.1, -0.05) is 0 Å². The number of nitrogens with one attached hydrogen (secondary N) is 1. The Balaban J connectivity index is 2.06. The lowest BCUT2D eigenvalue weighted by molar-refractivity contribution is -0.385. The fraction of sp³-hybridized carbons (Fsp3) is 0.545. The van der Waals surface area contributed by atoms with E-state index in [-0.39, 0.29) is 17.8 Å². The Morgan fingerprint density at radius 1 is 1.72 bits per heavy atom. The van der Waals surface area contributed by atoms with Crippen LogP contribution in [0.25, 0.3) is 0 Å². The van der Waals surface area contributed by atoms with E-state index in [2.05, 4.69) is 26.2 Å². The van der Waals surface area contributed by atoms with E-state index in [4.69, 9.17) is 4.74 Å². The predicted molar refractivity (Wildman–Crippen MR) is 70.7 cm³/mol. The van der Waals surface area contributed by atoms with Gasteiger partial charge in [0, 0.05) is 12.7 Å². The molecule has 2 heterocycles. The summed E-state index contributed by atoms with van der Waals surface area (Å²) in [6.07, 6.45) is 3.52. The smallest absolute Gasteiger partial charge is 0.288 e. The zero-order chi connectivity index (χ0) is 13.1. The maximum absolute atomic E-state index is 10.6. The molecule has 2 unspecified atom stereocenters. The first-order valence-corrected chi connectivity index (χ1v) is 6.55. The Hall–Kier alpha value is -1.21. The highest BCUT2D eigenvalue weighted by Crippen LogP contribution is 2.26. The molecule has 1 saturated heterocycles. The average molecular weight is 316 g/mol. The van der Waals surface area contributed by atoms with Crippen LogP contribution in [-0.4, -0.2) is 28.7 Å². The van der Waals surface area contributed by atoms with Crippen LogP contribution in [0, 0.1) is 10.1 Å². The van der Waals surface area contributed by atoms with E-state index in [1.807, 2.05) is 6.92 Å². The lowest BCUT2D eigenvalue weighted by Gasteiger charge is -2.20. The van der Waals surface area contributed by atoms with Crippen molar-refractivity contribution in [3.05, 3.63) is 26.9 Å². The quantitative estimate of drug-likeness (QED) is 0.682. The second-order valence-corrected chi connectivity index (χ2v) is 5.12. The van der Waals surface area contributed by atoms with Gasteiger partial charge in [-0.25, -0.2) is 4.98 Å². The molecule has 1 aromatic rings. The number of ether oxygens (including phenoxy) is 1. The van der Waals surface area contributed by atoms with Crippen molar-refractivity contribution in [2.75, 3.05) is 11.9 Å². The summed E-state index contributed by atoms with van der Waals surface area (Å²) in [5.41, 5.74) is -0.0304. The molecule has 2 rings (SSSR count). The molecule has 0 aromatic carbocycles. The Labute approximate surface area is 113 Å². The second kappa shape index (κ2) is 5.62. The molecule has 6 nitrogen and oxygen atoms in total. The minimum Gasteiger partial charge on any atom is -0.376 e. The average Bonchev–Trinajstić information content (AvgIpc) is 2.85. The van der Waals surface area contributed by atoms with Crippen molar-refractivity contribution in [1.29, 1.82) is 0 Å². The number of pyridine rings is 1. The molecule has 18 heavy (non-hydrogen) atoms. The van der Waals surface area contributed by atoms with Crippen LogP contribution in [0.15, 0.2) is 16.7 Å². The molecular formula is C11H14BrN3O3. The number of nitro groups is 1. The molecule has 1 aliphatic heterocycles. The molecule has 1 fully saturated rings. The van der Waals surface area contributed by atoms with Gasteiger partial charge in [-0.15, -0.1) is 0 Å². The van der Waals surface area contributed by atoms with Gasteiger partial charge in [0.05, 0.1) is 21.5 Å². The first kappa shape index (κ1) is 13.2. The van der Waals surface area contributed by atoms with Crippen molar-refractivity contribution in [2.24, 2.45) is 0 Å². The monoisotopic (exact) mass is 315 g/mol. The number of aromatic nitrogens is 1. The van der Waals surface area contributed by atoms with Crippen molar-refractivity contribution < 1.29 is 9.66 Å². The van der Waals surface area contributed by atoms with Gasteiger partial charge >= 0.3 is 0 Å². The molecule has 0 radical (unpaired) electrons. The van der Waals surface area contributed by atoms with Crippen LogP contribution in [-0.2, 0) is 4.74 Å². The number of hydrogen-bond donors (Lipinski definition) is 1. The van der Waals surface area contributed by atoms with Crippen molar-refractivity contribution in [2.45, 2.75) is 31.9 Å². The Kier molecular flexibility index (Phi) is 4.13. The van der Waals surface area contributed by atoms with Gasteiger partial charge in [0.2, 0.25) is 0 Å². The van der Waals surface area contributed by atoms with E-state index in [0.717, 1.165) is 19.4 Å². The lowest BCUT2D eigenvalue weighted by Crippen LogP contribution is -2.30. The molecule has 0 aliphatic carbocycles. The Bertz CT molecular complexity index is 449. The molecule has 1 aliphatic rings. The minimum absolute atomic E-state index is 0.0304. The maximum Gasteiger partial charge on any atom is 0.288 e. The van der Waals surface area contributed by atoms with Crippen LogP contribution >= 0.6 is 15.9 Å². The van der Waals surface area contributed by atoms with E-state index >= 15 is 0 Å². The largest absolute Gasteiger partial charge is 0.376 e. The third-order valence-corrected chi connectivity index (χ3v) is 3.53. The van der Waals surface area contributed by atoms with Crippen molar-refractivity contribution >= 4 is 27.4 Å². The van der Waals surface area contributed by atoms with E-state index in [9.17, 15) is 10.1 Å². The van der Waals surface area contributed by atoms with Gasteiger partial charge in [0.25, 0.3) is 5.69 Å². The number of rotatable bonds is 4. The summed E-state index contributed by atoms with van der Waals surface area (Å²) in [4.78, 5) is 14.2. The van der Waals surface area contributed by atoms with Gasteiger partial charge in [0.15, 0.2) is 0 Å². The van der Waals surface area contributed by atoms with E-state index in [1.165, 1.54) is 12.3 Å². The SMILES string of the molecule is CC(Nc1ncc([N+](=O)[O-])cc1Br)C1CCCO1. The molecule has 0 bridgehead atoms. The standard InChI is InChI=1S/C11H14BrN3O3/c1-7(10-3-2-4-18-10)14-11-9(12)5-8(6-13-11)15(16)17/h5-7,10H,2-4H2,1H3,(H,13,14). The molecule has 98 valence electrons. The van der Waals surface area contributed by atoms with Crippen LogP contribution in [0.2, 0.25) is 0 Å². The van der Waals surface area contributed by atoms with Crippen LogP contribution in [0.5, 0.6) is 0 Å². The van der Waals surface area contributed by atoms with Crippen molar-refractivity contribution in [3.63, 3.8) is 0 Å². The molecule has 1 aromatic heterocycles. The summed E-state index contributed by atoms with van der Waals surface area (Å²) in [5.74, 6) is 0.601. The van der Waals surface area contributed by atoms with Crippen LogP contribution in [0.3, 0.4) is 0 Å². The Morgan fingerprint density at radius 2 is 2.50 bits per heavy atom. The second-order valence-electron chi connectivity index (χ2n) is 4.27. The third kappa shape index (κ3) is 2.97. The fourth-order valence-corrected chi connectivity index (χ4v) is 2.39. The number of anilines is 1. The summed E-state index contributed by atoms with van der Waals surface area (Å²) in [6, 6.07) is 1.56. The van der Waals surface area contributed by atoms with E-state index < -0.39 is 4.92 Å². The summed E-state index contributed by atoms with van der Waals surface area (Å²) < 4.78 is 6.16. The van der Waals surface area contributed by atoms with Crippen molar-refractivity contribution in [3.8, 4) is 0 Å². The van der Waals surface area contributed by atoms with E-state index in [1.54, 1.807) is 0 Å². The zero-order valence-corrected chi connectivity index (χ0v) is 11.5. The molecule has 7 heteroatoms. The molecule has 2 atom stereocenters. The summed E-state index contributed by atoms with van der Waals surface area (Å²) in [6.45, 7) is 2.82.